The number of ether oxygens (including phenoxy) is 1. The highest BCUT2D eigenvalue weighted by Gasteiger charge is 2.55. The lowest BCUT2D eigenvalue weighted by molar-refractivity contribution is 0.00154. The summed E-state index contributed by atoms with van der Waals surface area (Å²) in [4.78, 5) is 2.54. The fourth-order valence-corrected chi connectivity index (χ4v) is 4.99. The van der Waals surface area contributed by atoms with Gasteiger partial charge in [-0.3, -0.25) is 0 Å². The standard InChI is InChI=1S/C16H27N5O/c1-2-3-9-21-15(17-18-19-21)20-12-16(7-10-22-11-8-16)13-5-4-6-14(13)20/h13-14H,2-12H2,1H3/t13-,14+/m1/s1. The number of rotatable bonds is 4. The molecular formula is C16H27N5O. The van der Waals surface area contributed by atoms with E-state index < -0.39 is 0 Å². The van der Waals surface area contributed by atoms with Gasteiger partial charge < -0.3 is 9.64 Å². The smallest absolute Gasteiger partial charge is 0.245 e. The number of aryl methyl sites for hydroxylation is 1. The highest BCUT2D eigenvalue weighted by molar-refractivity contribution is 5.37. The maximum Gasteiger partial charge on any atom is 0.245 e. The van der Waals surface area contributed by atoms with Crippen LogP contribution in [0, 0.1) is 11.3 Å². The van der Waals surface area contributed by atoms with Gasteiger partial charge >= 0.3 is 0 Å². The van der Waals surface area contributed by atoms with Crippen LogP contribution in [0.15, 0.2) is 0 Å². The number of nitrogens with zero attached hydrogens (tertiary/aromatic N) is 5. The summed E-state index contributed by atoms with van der Waals surface area (Å²) in [5.41, 5.74) is 0.445. The molecule has 122 valence electrons. The molecule has 6 nitrogen and oxygen atoms in total. The number of anilines is 1. The Morgan fingerprint density at radius 1 is 1.27 bits per heavy atom. The van der Waals surface area contributed by atoms with Crippen molar-refractivity contribution in [3.63, 3.8) is 0 Å². The van der Waals surface area contributed by atoms with Crippen LogP contribution in [-0.2, 0) is 11.3 Å². The van der Waals surface area contributed by atoms with Crippen LogP contribution in [0.1, 0.15) is 51.9 Å². The van der Waals surface area contributed by atoms with Gasteiger partial charge in [0.1, 0.15) is 0 Å². The van der Waals surface area contributed by atoms with Crippen LogP contribution in [0.25, 0.3) is 0 Å². The van der Waals surface area contributed by atoms with Gasteiger partial charge in [0.2, 0.25) is 5.95 Å². The fraction of sp³-hybridized carbons (Fsp3) is 0.938. The van der Waals surface area contributed by atoms with Gasteiger partial charge in [0, 0.05) is 32.3 Å². The molecule has 2 saturated heterocycles. The summed E-state index contributed by atoms with van der Waals surface area (Å²) in [6, 6.07) is 0.643. The van der Waals surface area contributed by atoms with Gasteiger partial charge in [-0.2, -0.15) is 0 Å². The van der Waals surface area contributed by atoms with Gasteiger partial charge in [0.05, 0.1) is 0 Å². The Morgan fingerprint density at radius 3 is 2.95 bits per heavy atom. The van der Waals surface area contributed by atoms with Crippen LogP contribution in [0.2, 0.25) is 0 Å². The molecule has 0 aromatic carbocycles. The second kappa shape index (κ2) is 5.80. The lowest BCUT2D eigenvalue weighted by Crippen LogP contribution is -2.37. The molecule has 22 heavy (non-hydrogen) atoms. The van der Waals surface area contributed by atoms with Gasteiger partial charge in [0.15, 0.2) is 0 Å². The largest absolute Gasteiger partial charge is 0.381 e. The molecule has 4 rings (SSSR count). The van der Waals surface area contributed by atoms with Crippen molar-refractivity contribution in [2.75, 3.05) is 24.7 Å². The Kier molecular flexibility index (Phi) is 3.80. The van der Waals surface area contributed by atoms with E-state index in [9.17, 15) is 0 Å². The molecule has 3 aliphatic rings. The molecule has 1 aromatic rings. The van der Waals surface area contributed by atoms with E-state index in [0.29, 0.717) is 11.5 Å². The maximum atomic E-state index is 5.64. The van der Waals surface area contributed by atoms with Crippen molar-refractivity contribution in [1.29, 1.82) is 0 Å². The molecule has 1 spiro atoms. The number of fused-ring (bicyclic) bond motifs is 2. The van der Waals surface area contributed by atoms with Crippen LogP contribution in [-0.4, -0.2) is 46.0 Å². The summed E-state index contributed by atoms with van der Waals surface area (Å²) in [6.07, 6.45) is 8.75. The van der Waals surface area contributed by atoms with Crippen LogP contribution >= 0.6 is 0 Å². The molecule has 2 atom stereocenters. The van der Waals surface area contributed by atoms with E-state index in [1.165, 1.54) is 38.5 Å². The van der Waals surface area contributed by atoms with Gasteiger partial charge in [-0.1, -0.05) is 24.9 Å². The SMILES string of the molecule is CCCCn1nnnc1N1CC2(CCOCC2)[C@@H]2CCC[C@@H]21. The molecular weight excluding hydrogens is 278 g/mol. The predicted molar refractivity (Wildman–Crippen MR) is 83.7 cm³/mol. The minimum Gasteiger partial charge on any atom is -0.381 e. The van der Waals surface area contributed by atoms with E-state index in [4.69, 9.17) is 4.74 Å². The lowest BCUT2D eigenvalue weighted by atomic mass is 9.71. The molecule has 3 heterocycles. The van der Waals surface area contributed by atoms with Crippen LogP contribution in [0.5, 0.6) is 0 Å². The fourth-order valence-electron chi connectivity index (χ4n) is 4.99. The first-order chi connectivity index (χ1) is 10.8. The number of hydrogen-bond donors (Lipinski definition) is 0. The van der Waals surface area contributed by atoms with Crippen molar-refractivity contribution >= 4 is 5.95 Å². The summed E-state index contributed by atoms with van der Waals surface area (Å²) in [5.74, 6) is 1.82. The van der Waals surface area contributed by atoms with Crippen molar-refractivity contribution in [2.45, 2.75) is 64.5 Å². The summed E-state index contributed by atoms with van der Waals surface area (Å²) in [5, 5.41) is 12.6. The first-order valence-electron chi connectivity index (χ1n) is 8.95. The molecule has 3 fully saturated rings. The summed E-state index contributed by atoms with van der Waals surface area (Å²) < 4.78 is 7.67. The third-order valence-electron chi connectivity index (χ3n) is 6.13. The lowest BCUT2D eigenvalue weighted by Gasteiger charge is -2.37. The first-order valence-corrected chi connectivity index (χ1v) is 8.95. The normalized spacial score (nSPS) is 30.1. The minimum atomic E-state index is 0.445. The zero-order valence-corrected chi connectivity index (χ0v) is 13.6. The van der Waals surface area contributed by atoms with Crippen molar-refractivity contribution in [3.8, 4) is 0 Å². The average molecular weight is 305 g/mol. The van der Waals surface area contributed by atoms with Gasteiger partial charge in [-0.05, 0) is 53.9 Å². The van der Waals surface area contributed by atoms with E-state index >= 15 is 0 Å². The Morgan fingerprint density at radius 2 is 2.14 bits per heavy atom. The third kappa shape index (κ3) is 2.23. The van der Waals surface area contributed by atoms with Gasteiger partial charge in [-0.15, -0.1) is 0 Å². The number of tetrazole rings is 1. The minimum absolute atomic E-state index is 0.445. The van der Waals surface area contributed by atoms with Crippen molar-refractivity contribution < 1.29 is 4.74 Å². The van der Waals surface area contributed by atoms with Crippen molar-refractivity contribution in [2.24, 2.45) is 11.3 Å². The second-order valence-corrected chi connectivity index (χ2v) is 7.26. The Bertz CT molecular complexity index is 510. The number of aromatic nitrogens is 4. The molecule has 0 unspecified atom stereocenters. The molecule has 1 aliphatic carbocycles. The van der Waals surface area contributed by atoms with Gasteiger partial charge in [-0.25, -0.2) is 4.68 Å². The topological polar surface area (TPSA) is 56.1 Å². The number of unbranched alkanes of at least 4 members (excludes halogenated alkanes) is 1. The highest BCUT2D eigenvalue weighted by atomic mass is 16.5. The molecule has 0 radical (unpaired) electrons. The maximum absolute atomic E-state index is 5.64. The quantitative estimate of drug-likeness (QED) is 0.854. The second-order valence-electron chi connectivity index (χ2n) is 7.26. The van der Waals surface area contributed by atoms with Crippen LogP contribution < -0.4 is 4.90 Å². The summed E-state index contributed by atoms with van der Waals surface area (Å²) in [6.45, 7) is 6.13. The first kappa shape index (κ1) is 14.4. The monoisotopic (exact) mass is 305 g/mol. The van der Waals surface area contributed by atoms with Crippen LogP contribution in [0.3, 0.4) is 0 Å². The Labute approximate surface area is 132 Å². The molecule has 0 amide bonds. The molecule has 6 heteroatoms. The van der Waals surface area contributed by atoms with E-state index in [1.807, 2.05) is 4.68 Å². The third-order valence-corrected chi connectivity index (χ3v) is 6.13. The molecule has 1 saturated carbocycles. The van der Waals surface area contributed by atoms with Gasteiger partial charge in [0.25, 0.3) is 0 Å². The van der Waals surface area contributed by atoms with E-state index in [0.717, 1.165) is 44.6 Å². The zero-order valence-electron chi connectivity index (χ0n) is 13.6. The van der Waals surface area contributed by atoms with Crippen molar-refractivity contribution in [3.05, 3.63) is 0 Å². The molecule has 1 aromatic heterocycles. The van der Waals surface area contributed by atoms with Crippen molar-refractivity contribution in [1.82, 2.24) is 20.2 Å². The molecule has 2 aliphatic heterocycles. The van der Waals surface area contributed by atoms with Crippen LogP contribution in [0.4, 0.5) is 5.95 Å². The Hall–Kier alpha value is -1.17. The average Bonchev–Trinajstić information content (AvgIpc) is 3.24. The summed E-state index contributed by atoms with van der Waals surface area (Å²) in [7, 11) is 0. The van der Waals surface area contributed by atoms with E-state index in [1.54, 1.807) is 0 Å². The predicted octanol–water partition coefficient (Wildman–Crippen LogP) is 2.26. The Balaban J connectivity index is 1.61. The summed E-state index contributed by atoms with van der Waals surface area (Å²) >= 11 is 0. The number of hydrogen-bond acceptors (Lipinski definition) is 5. The molecule has 0 bridgehead atoms. The zero-order chi connectivity index (χ0) is 15.0. The highest BCUT2D eigenvalue weighted by Crippen LogP contribution is 2.54. The van der Waals surface area contributed by atoms with E-state index in [-0.39, 0.29) is 0 Å². The van der Waals surface area contributed by atoms with E-state index in [2.05, 4.69) is 27.3 Å². The molecule has 0 N–H and O–H groups in total.